The van der Waals surface area contributed by atoms with Crippen LogP contribution in [0.2, 0.25) is 0 Å². The predicted molar refractivity (Wildman–Crippen MR) is 75.2 cm³/mol. The Balaban J connectivity index is 2.02. The molecular weight excluding hydrogens is 296 g/mol. The Bertz CT molecular complexity index is 415. The molecule has 5 nitrogen and oxygen atoms in total. The van der Waals surface area contributed by atoms with Gasteiger partial charge in [0.25, 0.3) is 0 Å². The molecule has 1 aromatic heterocycles. The summed E-state index contributed by atoms with van der Waals surface area (Å²) in [6, 6.07) is 0. The molecule has 0 aromatic carbocycles. The maximum Gasteiger partial charge on any atom is 0.232 e. The van der Waals surface area contributed by atoms with Gasteiger partial charge in [0.15, 0.2) is 0 Å². The van der Waals surface area contributed by atoms with Gasteiger partial charge >= 0.3 is 0 Å². The normalized spacial score (nSPS) is 20.1. The molecule has 2 heterocycles. The smallest absolute Gasteiger partial charge is 0.232 e. The van der Waals surface area contributed by atoms with E-state index in [1.807, 2.05) is 7.05 Å². The first-order valence-corrected chi connectivity index (χ1v) is 6.85. The van der Waals surface area contributed by atoms with Gasteiger partial charge in [0.05, 0.1) is 17.8 Å². The molecule has 1 aliphatic rings. The second-order valence-corrected chi connectivity index (χ2v) is 5.68. The van der Waals surface area contributed by atoms with Gasteiger partial charge in [-0.25, -0.2) is 4.98 Å². The first kappa shape index (κ1) is 13.5. The number of nitrogens with zero attached hydrogens (tertiary/aromatic N) is 4. The Labute approximate surface area is 116 Å². The van der Waals surface area contributed by atoms with E-state index in [0.717, 1.165) is 17.6 Å². The van der Waals surface area contributed by atoms with Crippen molar-refractivity contribution in [1.29, 1.82) is 0 Å². The lowest BCUT2D eigenvalue weighted by atomic mass is 10.1. The quantitative estimate of drug-likeness (QED) is 0.845. The molecule has 0 saturated carbocycles. The van der Waals surface area contributed by atoms with E-state index in [9.17, 15) is 0 Å². The summed E-state index contributed by atoms with van der Waals surface area (Å²) in [5.41, 5.74) is 0. The molecule has 0 bridgehead atoms. The number of ether oxygens (including phenoxy) is 1. The zero-order valence-corrected chi connectivity index (χ0v) is 12.6. The third-order valence-corrected chi connectivity index (χ3v) is 3.80. The number of halogens is 1. The largest absolute Gasteiger partial charge is 0.480 e. The lowest BCUT2D eigenvalue weighted by molar-refractivity contribution is 0.390. The zero-order chi connectivity index (χ0) is 13.1. The number of likely N-dealkylation sites (tertiary alicyclic amines) is 1. The highest BCUT2D eigenvalue weighted by Crippen LogP contribution is 2.24. The van der Waals surface area contributed by atoms with E-state index in [1.165, 1.54) is 13.0 Å². The standard InChI is InChI=1S/C12H19BrN4O/c1-16-5-4-9(7-16)8-17(2)12-14-6-10(13)11(15-12)18-3/h6,9H,4-5,7-8H2,1-3H3. The van der Waals surface area contributed by atoms with Crippen molar-refractivity contribution in [3.05, 3.63) is 10.7 Å². The van der Waals surface area contributed by atoms with E-state index in [-0.39, 0.29) is 0 Å². The first-order chi connectivity index (χ1) is 8.60. The highest BCUT2D eigenvalue weighted by molar-refractivity contribution is 9.10. The molecule has 6 heteroatoms. The zero-order valence-electron chi connectivity index (χ0n) is 11.1. The molecule has 1 atom stereocenters. The minimum Gasteiger partial charge on any atom is -0.480 e. The van der Waals surface area contributed by atoms with Crippen LogP contribution in [-0.2, 0) is 0 Å². The summed E-state index contributed by atoms with van der Waals surface area (Å²) in [7, 11) is 5.81. The van der Waals surface area contributed by atoms with Gasteiger partial charge in [0.1, 0.15) is 0 Å². The van der Waals surface area contributed by atoms with Crippen molar-refractivity contribution in [3.8, 4) is 5.88 Å². The van der Waals surface area contributed by atoms with Gasteiger partial charge in [-0.15, -0.1) is 0 Å². The minimum atomic E-state index is 0.579. The fraction of sp³-hybridized carbons (Fsp3) is 0.667. The van der Waals surface area contributed by atoms with Gasteiger partial charge < -0.3 is 14.5 Å². The highest BCUT2D eigenvalue weighted by atomic mass is 79.9. The van der Waals surface area contributed by atoms with E-state index in [2.05, 4.69) is 42.7 Å². The van der Waals surface area contributed by atoms with Crippen LogP contribution in [0.4, 0.5) is 5.95 Å². The summed E-state index contributed by atoms with van der Waals surface area (Å²) in [4.78, 5) is 13.2. The molecule has 1 fully saturated rings. The van der Waals surface area contributed by atoms with Crippen LogP contribution in [0.1, 0.15) is 6.42 Å². The number of hydrogen-bond donors (Lipinski definition) is 0. The first-order valence-electron chi connectivity index (χ1n) is 6.06. The summed E-state index contributed by atoms with van der Waals surface area (Å²) >= 11 is 3.36. The maximum atomic E-state index is 5.19. The fourth-order valence-corrected chi connectivity index (χ4v) is 2.67. The van der Waals surface area contributed by atoms with Gasteiger partial charge in [-0.05, 0) is 41.9 Å². The fourth-order valence-electron chi connectivity index (χ4n) is 2.31. The molecule has 1 unspecified atom stereocenters. The van der Waals surface area contributed by atoms with Crippen molar-refractivity contribution in [1.82, 2.24) is 14.9 Å². The number of methoxy groups -OCH3 is 1. The number of hydrogen-bond acceptors (Lipinski definition) is 5. The summed E-state index contributed by atoms with van der Waals surface area (Å²) in [5.74, 6) is 1.98. The van der Waals surface area contributed by atoms with E-state index in [0.29, 0.717) is 17.7 Å². The van der Waals surface area contributed by atoms with E-state index in [1.54, 1.807) is 13.3 Å². The lowest BCUT2D eigenvalue weighted by Gasteiger charge is -2.21. The topological polar surface area (TPSA) is 41.5 Å². The molecule has 0 amide bonds. The van der Waals surface area contributed by atoms with Crippen LogP contribution in [0, 0.1) is 5.92 Å². The second kappa shape index (κ2) is 5.84. The summed E-state index contributed by atoms with van der Waals surface area (Å²) in [5, 5.41) is 0. The minimum absolute atomic E-state index is 0.579. The SMILES string of the molecule is COc1nc(N(C)CC2CCN(C)C2)ncc1Br. The number of anilines is 1. The number of rotatable bonds is 4. The third kappa shape index (κ3) is 3.11. The molecule has 0 N–H and O–H groups in total. The van der Waals surface area contributed by atoms with Gasteiger partial charge in [0, 0.05) is 20.1 Å². The Kier molecular flexibility index (Phi) is 4.40. The molecule has 2 rings (SSSR count). The van der Waals surface area contributed by atoms with Crippen LogP contribution in [0.25, 0.3) is 0 Å². The Morgan fingerprint density at radius 2 is 2.39 bits per heavy atom. The third-order valence-electron chi connectivity index (χ3n) is 3.25. The monoisotopic (exact) mass is 314 g/mol. The molecular formula is C12H19BrN4O. The van der Waals surface area contributed by atoms with Crippen LogP contribution in [0.3, 0.4) is 0 Å². The Hall–Kier alpha value is -0.880. The molecule has 18 heavy (non-hydrogen) atoms. The Morgan fingerprint density at radius 1 is 1.61 bits per heavy atom. The predicted octanol–water partition coefficient (Wildman–Crippen LogP) is 1.64. The average molecular weight is 315 g/mol. The van der Waals surface area contributed by atoms with Crippen LogP contribution in [-0.4, -0.2) is 55.7 Å². The van der Waals surface area contributed by atoms with Crippen molar-refractivity contribution in [3.63, 3.8) is 0 Å². The molecule has 1 aliphatic heterocycles. The van der Waals surface area contributed by atoms with E-state index < -0.39 is 0 Å². The summed E-state index contributed by atoms with van der Waals surface area (Å²) < 4.78 is 5.97. The van der Waals surface area contributed by atoms with Crippen molar-refractivity contribution >= 4 is 21.9 Å². The molecule has 100 valence electrons. The van der Waals surface area contributed by atoms with E-state index >= 15 is 0 Å². The maximum absolute atomic E-state index is 5.19. The molecule has 1 saturated heterocycles. The second-order valence-electron chi connectivity index (χ2n) is 4.82. The van der Waals surface area contributed by atoms with Crippen LogP contribution >= 0.6 is 15.9 Å². The highest BCUT2D eigenvalue weighted by Gasteiger charge is 2.21. The van der Waals surface area contributed by atoms with Crippen molar-refractivity contribution in [2.24, 2.45) is 5.92 Å². The van der Waals surface area contributed by atoms with Crippen molar-refractivity contribution < 1.29 is 4.74 Å². The molecule has 0 spiro atoms. The van der Waals surface area contributed by atoms with Gasteiger partial charge in [0.2, 0.25) is 11.8 Å². The van der Waals surface area contributed by atoms with Gasteiger partial charge in [-0.1, -0.05) is 0 Å². The molecule has 1 aromatic rings. The summed E-state index contributed by atoms with van der Waals surface area (Å²) in [6.07, 6.45) is 2.98. The van der Waals surface area contributed by atoms with Crippen LogP contribution in [0.15, 0.2) is 10.7 Å². The van der Waals surface area contributed by atoms with E-state index in [4.69, 9.17) is 4.74 Å². The van der Waals surface area contributed by atoms with Crippen molar-refractivity contribution in [2.45, 2.75) is 6.42 Å². The van der Waals surface area contributed by atoms with Crippen LogP contribution < -0.4 is 9.64 Å². The van der Waals surface area contributed by atoms with Gasteiger partial charge in [-0.3, -0.25) is 0 Å². The van der Waals surface area contributed by atoms with Gasteiger partial charge in [-0.2, -0.15) is 4.98 Å². The van der Waals surface area contributed by atoms with Crippen molar-refractivity contribution in [2.75, 3.05) is 45.7 Å². The average Bonchev–Trinajstić information content (AvgIpc) is 2.75. The summed E-state index contributed by atoms with van der Waals surface area (Å²) in [6.45, 7) is 3.32. The van der Waals surface area contributed by atoms with Crippen LogP contribution in [0.5, 0.6) is 5.88 Å². The molecule has 0 radical (unpaired) electrons. The Morgan fingerprint density at radius 3 is 3.00 bits per heavy atom. The lowest BCUT2D eigenvalue weighted by Crippen LogP contribution is -2.28. The number of aromatic nitrogens is 2. The molecule has 0 aliphatic carbocycles.